The third kappa shape index (κ3) is 2.81. The van der Waals surface area contributed by atoms with Crippen molar-refractivity contribution in [3.8, 4) is 0 Å². The van der Waals surface area contributed by atoms with Gasteiger partial charge in [-0.05, 0) is 59.1 Å². The fourth-order valence-electron chi connectivity index (χ4n) is 1.70. The Morgan fingerprint density at radius 3 is 2.30 bits per heavy atom. The topological polar surface area (TPSA) is 63.6 Å². The Hall–Kier alpha value is -1.53. The van der Waals surface area contributed by atoms with Crippen LogP contribution in [-0.2, 0) is 14.8 Å². The second-order valence-corrected chi connectivity index (χ2v) is 6.76. The van der Waals surface area contributed by atoms with Gasteiger partial charge in [-0.3, -0.25) is 4.79 Å². The molecule has 4 nitrogen and oxygen atoms in total. The van der Waals surface area contributed by atoms with Crippen molar-refractivity contribution in [3.05, 3.63) is 52.0 Å². The smallest absolute Gasteiger partial charge is 0.282 e. The monoisotopic (exact) mass is 353 g/mol. The minimum absolute atomic E-state index is 0.124. The number of hydrogen-bond acceptors (Lipinski definition) is 3. The highest BCUT2D eigenvalue weighted by atomic mass is 79.9. The first-order valence-corrected chi connectivity index (χ1v) is 8.06. The van der Waals surface area contributed by atoms with E-state index in [1.807, 2.05) is 0 Å². The Kier molecular flexibility index (Phi) is 4.06. The SMILES string of the molecule is CC1=C/C(=N/S(=O)(=O)c2ccccc2)C(C)=C(Br)C1=O. The normalized spacial score (nSPS) is 18.4. The van der Waals surface area contributed by atoms with Crippen molar-refractivity contribution in [2.24, 2.45) is 4.40 Å². The molecule has 0 aromatic heterocycles. The molecule has 0 N–H and O–H groups in total. The zero-order valence-corrected chi connectivity index (χ0v) is 13.3. The molecule has 104 valence electrons. The maximum Gasteiger partial charge on any atom is 0.282 e. The first-order chi connectivity index (χ1) is 9.33. The molecule has 0 fully saturated rings. The van der Waals surface area contributed by atoms with Gasteiger partial charge < -0.3 is 0 Å². The number of hydrogen-bond donors (Lipinski definition) is 0. The molecule has 20 heavy (non-hydrogen) atoms. The van der Waals surface area contributed by atoms with Gasteiger partial charge >= 0.3 is 0 Å². The van der Waals surface area contributed by atoms with Crippen LogP contribution in [0.25, 0.3) is 0 Å². The highest BCUT2D eigenvalue weighted by molar-refractivity contribution is 9.12. The van der Waals surface area contributed by atoms with Gasteiger partial charge in [0.15, 0.2) is 5.78 Å². The van der Waals surface area contributed by atoms with Crippen LogP contribution in [-0.4, -0.2) is 19.9 Å². The van der Waals surface area contributed by atoms with Crippen molar-refractivity contribution >= 4 is 37.4 Å². The fraction of sp³-hybridized carbons (Fsp3) is 0.143. The van der Waals surface area contributed by atoms with E-state index in [9.17, 15) is 13.2 Å². The zero-order valence-electron chi connectivity index (χ0n) is 10.9. The van der Waals surface area contributed by atoms with Crippen LogP contribution >= 0.6 is 15.9 Å². The third-order valence-corrected chi connectivity index (χ3v) is 5.14. The largest absolute Gasteiger partial charge is 0.288 e. The van der Waals surface area contributed by atoms with Crippen LogP contribution in [0.3, 0.4) is 0 Å². The summed E-state index contributed by atoms with van der Waals surface area (Å²) in [5.41, 5.74) is 1.24. The Bertz CT molecular complexity index is 759. The summed E-state index contributed by atoms with van der Waals surface area (Å²) in [5.74, 6) is -0.154. The molecule has 0 unspecified atom stereocenters. The second-order valence-electron chi connectivity index (χ2n) is 4.36. The number of Topliss-reactive ketones (excluding diaryl/α,β-unsaturated/α-hetero) is 1. The lowest BCUT2D eigenvalue weighted by molar-refractivity contribution is -0.111. The summed E-state index contributed by atoms with van der Waals surface area (Å²) in [4.78, 5) is 11.9. The number of allylic oxidation sites excluding steroid dienone is 4. The van der Waals surface area contributed by atoms with Crippen molar-refractivity contribution < 1.29 is 13.2 Å². The molecule has 0 spiro atoms. The van der Waals surface area contributed by atoms with E-state index >= 15 is 0 Å². The Labute approximate surface area is 126 Å². The van der Waals surface area contributed by atoms with E-state index in [-0.39, 0.29) is 16.4 Å². The molecule has 6 heteroatoms. The fourth-order valence-corrected chi connectivity index (χ4v) is 3.28. The average molecular weight is 354 g/mol. The van der Waals surface area contributed by atoms with E-state index in [4.69, 9.17) is 0 Å². The molecule has 0 aliphatic heterocycles. The third-order valence-electron chi connectivity index (χ3n) is 2.88. The standard InChI is InChI=1S/C14H12BrNO3S/c1-9-8-12(10(2)13(15)14(9)17)16-20(18,19)11-6-4-3-5-7-11/h3-8H,1-2H3/b16-12-. The van der Waals surface area contributed by atoms with Crippen LogP contribution in [0, 0.1) is 0 Å². The molecule has 0 atom stereocenters. The van der Waals surface area contributed by atoms with Crippen LogP contribution in [0.4, 0.5) is 0 Å². The lowest BCUT2D eigenvalue weighted by Crippen LogP contribution is -2.15. The Morgan fingerprint density at radius 2 is 1.70 bits per heavy atom. The minimum atomic E-state index is -3.78. The number of carbonyl (C=O) groups is 1. The molecule has 1 aliphatic carbocycles. The first-order valence-electron chi connectivity index (χ1n) is 5.82. The molecule has 2 rings (SSSR count). The maximum atomic E-state index is 12.2. The van der Waals surface area contributed by atoms with Gasteiger partial charge in [0.1, 0.15) is 0 Å². The summed E-state index contributed by atoms with van der Waals surface area (Å²) >= 11 is 3.18. The second kappa shape index (κ2) is 5.46. The molecule has 0 saturated heterocycles. The molecule has 1 aliphatic rings. The van der Waals surface area contributed by atoms with Crippen LogP contribution in [0.15, 0.2) is 61.3 Å². The number of halogens is 1. The van der Waals surface area contributed by atoms with Gasteiger partial charge in [0.05, 0.1) is 15.1 Å². The van der Waals surface area contributed by atoms with Crippen molar-refractivity contribution in [1.29, 1.82) is 0 Å². The summed E-state index contributed by atoms with van der Waals surface area (Å²) < 4.78 is 28.6. The Morgan fingerprint density at radius 1 is 1.10 bits per heavy atom. The highest BCUT2D eigenvalue weighted by Gasteiger charge is 2.22. The van der Waals surface area contributed by atoms with Gasteiger partial charge in [0.2, 0.25) is 0 Å². The number of benzene rings is 1. The highest BCUT2D eigenvalue weighted by Crippen LogP contribution is 2.25. The summed E-state index contributed by atoms with van der Waals surface area (Å²) in [5, 5.41) is 0. The van der Waals surface area contributed by atoms with E-state index in [2.05, 4.69) is 20.3 Å². The first kappa shape index (κ1) is 14.9. The lowest BCUT2D eigenvalue weighted by Gasteiger charge is -2.13. The van der Waals surface area contributed by atoms with E-state index in [1.165, 1.54) is 18.2 Å². The molecule has 0 radical (unpaired) electrons. The van der Waals surface area contributed by atoms with Crippen LogP contribution in [0.1, 0.15) is 13.8 Å². The predicted molar refractivity (Wildman–Crippen MR) is 81.5 cm³/mol. The van der Waals surface area contributed by atoms with Crippen molar-refractivity contribution in [1.82, 2.24) is 0 Å². The van der Waals surface area contributed by atoms with E-state index in [0.29, 0.717) is 15.6 Å². The van der Waals surface area contributed by atoms with Crippen molar-refractivity contribution in [2.75, 3.05) is 0 Å². The Balaban J connectivity index is 2.54. The molecular formula is C14H12BrNO3S. The molecule has 0 saturated carbocycles. The van der Waals surface area contributed by atoms with Crippen LogP contribution in [0.5, 0.6) is 0 Å². The molecule has 0 heterocycles. The number of rotatable bonds is 2. The number of ketones is 1. The minimum Gasteiger partial charge on any atom is -0.288 e. The number of sulfonamides is 1. The number of nitrogens with zero attached hydrogens (tertiary/aromatic N) is 1. The van der Waals surface area contributed by atoms with Gasteiger partial charge in [-0.15, -0.1) is 0 Å². The maximum absolute atomic E-state index is 12.2. The van der Waals surface area contributed by atoms with Gasteiger partial charge in [-0.25, -0.2) is 0 Å². The lowest BCUT2D eigenvalue weighted by atomic mass is 9.99. The summed E-state index contributed by atoms with van der Waals surface area (Å²) in [6.07, 6.45) is 1.49. The number of carbonyl (C=O) groups excluding carboxylic acids is 1. The summed E-state index contributed by atoms with van der Waals surface area (Å²) in [6, 6.07) is 7.97. The average Bonchev–Trinajstić information content (AvgIpc) is 2.43. The van der Waals surface area contributed by atoms with Crippen LogP contribution < -0.4 is 0 Å². The molecule has 0 bridgehead atoms. The van der Waals surface area contributed by atoms with Gasteiger partial charge in [-0.1, -0.05) is 18.2 Å². The van der Waals surface area contributed by atoms with Gasteiger partial charge in [0, 0.05) is 0 Å². The molecule has 1 aromatic rings. The zero-order chi connectivity index (χ0) is 14.9. The van der Waals surface area contributed by atoms with Gasteiger partial charge in [-0.2, -0.15) is 12.8 Å². The van der Waals surface area contributed by atoms with E-state index in [1.54, 1.807) is 32.0 Å². The quantitative estimate of drug-likeness (QED) is 0.767. The molecule has 0 amide bonds. The van der Waals surface area contributed by atoms with Crippen molar-refractivity contribution in [2.45, 2.75) is 18.7 Å². The van der Waals surface area contributed by atoms with Crippen molar-refractivity contribution in [3.63, 3.8) is 0 Å². The van der Waals surface area contributed by atoms with Gasteiger partial charge in [0.25, 0.3) is 10.0 Å². The van der Waals surface area contributed by atoms with E-state index in [0.717, 1.165) is 0 Å². The molecule has 1 aromatic carbocycles. The summed E-state index contributed by atoms with van der Waals surface area (Å²) in [7, 11) is -3.78. The predicted octanol–water partition coefficient (Wildman–Crippen LogP) is 3.01. The molecular weight excluding hydrogens is 342 g/mol. The summed E-state index contributed by atoms with van der Waals surface area (Å²) in [6.45, 7) is 3.28. The van der Waals surface area contributed by atoms with E-state index < -0.39 is 10.0 Å². The van der Waals surface area contributed by atoms with Crippen LogP contribution in [0.2, 0.25) is 0 Å².